The van der Waals surface area contributed by atoms with Crippen molar-refractivity contribution in [3.8, 4) is 0 Å². The van der Waals surface area contributed by atoms with E-state index in [4.69, 9.17) is 9.15 Å². The van der Waals surface area contributed by atoms with Crippen LogP contribution in [0.15, 0.2) is 16.7 Å². The molecule has 1 atom stereocenters. The number of hydrogen-bond donors (Lipinski definition) is 1. The molecule has 2 aliphatic heterocycles. The van der Waals surface area contributed by atoms with Crippen LogP contribution in [0.4, 0.5) is 0 Å². The Morgan fingerprint density at radius 3 is 3.10 bits per heavy atom. The largest absolute Gasteiger partial charge is 0.467 e. The molecule has 2 aliphatic rings. The van der Waals surface area contributed by atoms with Gasteiger partial charge in [-0.2, -0.15) is 0 Å². The molecule has 0 aromatic carbocycles. The lowest BCUT2D eigenvalue weighted by Crippen LogP contribution is -2.50. The number of piperidine rings is 2. The van der Waals surface area contributed by atoms with Gasteiger partial charge in [-0.3, -0.25) is 4.90 Å². The Labute approximate surface area is 125 Å². The first-order valence-electron chi connectivity index (χ1n) is 7.80. The molecule has 0 radical (unpaired) electrons. The first-order valence-corrected chi connectivity index (χ1v) is 7.80. The first-order chi connectivity index (χ1) is 10.2. The molecule has 1 aromatic rings. The summed E-state index contributed by atoms with van der Waals surface area (Å²) in [5, 5.41) is 3.54. The number of furan rings is 1. The Kier molecular flexibility index (Phi) is 4.31. The zero-order chi connectivity index (χ0) is 14.7. The lowest BCUT2D eigenvalue weighted by Gasteiger charge is -2.45. The number of hydrogen-bond acceptors (Lipinski definition) is 5. The molecular formula is C16H24N2O3. The van der Waals surface area contributed by atoms with E-state index in [1.807, 2.05) is 0 Å². The zero-order valence-corrected chi connectivity index (χ0v) is 12.7. The van der Waals surface area contributed by atoms with Crippen LogP contribution in [0.3, 0.4) is 0 Å². The normalized spacial score (nSPS) is 26.9. The summed E-state index contributed by atoms with van der Waals surface area (Å²) in [6.07, 6.45) is 6.67. The van der Waals surface area contributed by atoms with Gasteiger partial charge in [-0.05, 0) is 50.3 Å². The topological polar surface area (TPSA) is 54.7 Å². The van der Waals surface area contributed by atoms with Crippen LogP contribution in [0.25, 0.3) is 0 Å². The second kappa shape index (κ2) is 6.20. The molecule has 0 bridgehead atoms. The second-order valence-corrected chi connectivity index (χ2v) is 6.34. The fraction of sp³-hybridized carbons (Fsp3) is 0.688. The molecule has 1 unspecified atom stereocenters. The number of nitrogens with zero attached hydrogens (tertiary/aromatic N) is 1. The number of rotatable bonds is 3. The molecule has 116 valence electrons. The second-order valence-electron chi connectivity index (χ2n) is 6.34. The summed E-state index contributed by atoms with van der Waals surface area (Å²) in [7, 11) is 1.41. The van der Waals surface area contributed by atoms with Gasteiger partial charge < -0.3 is 14.5 Å². The molecule has 0 amide bonds. The Bertz CT molecular complexity index is 486. The number of likely N-dealkylation sites (tertiary alicyclic amines) is 1. The Morgan fingerprint density at radius 2 is 2.33 bits per heavy atom. The van der Waals surface area contributed by atoms with Crippen molar-refractivity contribution in [1.29, 1.82) is 0 Å². The summed E-state index contributed by atoms with van der Waals surface area (Å²) in [4.78, 5) is 14.1. The summed E-state index contributed by atoms with van der Waals surface area (Å²) >= 11 is 0. The van der Waals surface area contributed by atoms with Crippen LogP contribution in [-0.2, 0) is 11.3 Å². The van der Waals surface area contributed by atoms with E-state index in [0.29, 0.717) is 17.5 Å². The number of nitrogens with one attached hydrogen (secondary N) is 1. The van der Waals surface area contributed by atoms with Crippen molar-refractivity contribution in [3.05, 3.63) is 23.7 Å². The van der Waals surface area contributed by atoms with E-state index in [1.165, 1.54) is 32.8 Å². The molecule has 3 rings (SSSR count). The van der Waals surface area contributed by atoms with Crippen LogP contribution in [0.1, 0.15) is 41.8 Å². The molecule has 0 aliphatic carbocycles. The monoisotopic (exact) mass is 292 g/mol. The molecule has 1 N–H and O–H groups in total. The van der Waals surface area contributed by atoms with Crippen molar-refractivity contribution < 1.29 is 13.9 Å². The van der Waals surface area contributed by atoms with Crippen molar-refractivity contribution in [3.63, 3.8) is 0 Å². The fourth-order valence-corrected chi connectivity index (χ4v) is 3.78. The molecule has 21 heavy (non-hydrogen) atoms. The third kappa shape index (κ3) is 3.14. The summed E-state index contributed by atoms with van der Waals surface area (Å²) in [5.74, 6) is 0.410. The maximum atomic E-state index is 11.7. The predicted molar refractivity (Wildman–Crippen MR) is 79.1 cm³/mol. The highest BCUT2D eigenvalue weighted by Gasteiger charge is 2.36. The standard InChI is InChI=1S/C16H24N2O3/c1-20-15(19)13-4-9-21-14(13)10-18-8-3-6-16(12-18)5-2-7-17-11-16/h4,9,17H,2-3,5-8,10-12H2,1H3. The van der Waals surface area contributed by atoms with Gasteiger partial charge in [-0.1, -0.05) is 0 Å². The summed E-state index contributed by atoms with van der Waals surface area (Å²) in [5.41, 5.74) is 0.966. The van der Waals surface area contributed by atoms with Gasteiger partial charge in [0.15, 0.2) is 0 Å². The molecule has 1 spiro atoms. The molecule has 0 saturated carbocycles. The van der Waals surface area contributed by atoms with Crippen molar-refractivity contribution >= 4 is 5.97 Å². The van der Waals surface area contributed by atoms with Crippen molar-refractivity contribution in [2.75, 3.05) is 33.3 Å². The molecular weight excluding hydrogens is 268 g/mol. The Hall–Kier alpha value is -1.33. The van der Waals surface area contributed by atoms with Gasteiger partial charge in [0, 0.05) is 13.1 Å². The van der Waals surface area contributed by atoms with Gasteiger partial charge in [-0.15, -0.1) is 0 Å². The first kappa shape index (κ1) is 14.6. The molecule has 3 heterocycles. The van der Waals surface area contributed by atoms with Crippen LogP contribution < -0.4 is 5.32 Å². The zero-order valence-electron chi connectivity index (χ0n) is 12.7. The third-order valence-corrected chi connectivity index (χ3v) is 4.82. The number of esters is 1. The van der Waals surface area contributed by atoms with Crippen LogP contribution in [0.5, 0.6) is 0 Å². The Morgan fingerprint density at radius 1 is 1.48 bits per heavy atom. The molecule has 5 nitrogen and oxygen atoms in total. The van der Waals surface area contributed by atoms with E-state index < -0.39 is 0 Å². The lowest BCUT2D eigenvalue weighted by molar-refractivity contribution is 0.0532. The predicted octanol–water partition coefficient (Wildman–Crippen LogP) is 2.03. The highest BCUT2D eigenvalue weighted by molar-refractivity contribution is 5.90. The molecule has 2 fully saturated rings. The summed E-state index contributed by atoms with van der Waals surface area (Å²) in [6, 6.07) is 1.70. The summed E-state index contributed by atoms with van der Waals surface area (Å²) < 4.78 is 10.3. The number of methoxy groups -OCH3 is 1. The van der Waals surface area contributed by atoms with E-state index in [2.05, 4.69) is 10.2 Å². The highest BCUT2D eigenvalue weighted by atomic mass is 16.5. The third-order valence-electron chi connectivity index (χ3n) is 4.82. The van der Waals surface area contributed by atoms with Crippen LogP contribution >= 0.6 is 0 Å². The highest BCUT2D eigenvalue weighted by Crippen LogP contribution is 2.36. The van der Waals surface area contributed by atoms with E-state index in [1.54, 1.807) is 12.3 Å². The van der Waals surface area contributed by atoms with Crippen LogP contribution in [0, 0.1) is 5.41 Å². The SMILES string of the molecule is COC(=O)c1ccoc1CN1CCCC2(CCCNC2)C1. The maximum absolute atomic E-state index is 11.7. The lowest BCUT2D eigenvalue weighted by atomic mass is 9.74. The minimum atomic E-state index is -0.315. The number of carbonyl (C=O) groups excluding carboxylic acids is 1. The van der Waals surface area contributed by atoms with E-state index in [9.17, 15) is 4.79 Å². The average molecular weight is 292 g/mol. The summed E-state index contributed by atoms with van der Waals surface area (Å²) in [6.45, 7) is 5.11. The number of carbonyl (C=O) groups is 1. The quantitative estimate of drug-likeness (QED) is 0.864. The minimum absolute atomic E-state index is 0.315. The van der Waals surface area contributed by atoms with Crippen molar-refractivity contribution in [2.45, 2.75) is 32.2 Å². The molecule has 2 saturated heterocycles. The van der Waals surface area contributed by atoms with Gasteiger partial charge in [-0.25, -0.2) is 4.79 Å². The average Bonchev–Trinajstić information content (AvgIpc) is 2.95. The van der Waals surface area contributed by atoms with Crippen molar-refractivity contribution in [1.82, 2.24) is 10.2 Å². The van der Waals surface area contributed by atoms with E-state index in [-0.39, 0.29) is 5.97 Å². The van der Waals surface area contributed by atoms with Crippen molar-refractivity contribution in [2.24, 2.45) is 5.41 Å². The van der Waals surface area contributed by atoms with Gasteiger partial charge in [0.1, 0.15) is 11.3 Å². The fourth-order valence-electron chi connectivity index (χ4n) is 3.78. The van der Waals surface area contributed by atoms with Gasteiger partial charge in [0.25, 0.3) is 0 Å². The van der Waals surface area contributed by atoms with E-state index >= 15 is 0 Å². The van der Waals surface area contributed by atoms with Crippen LogP contribution in [0.2, 0.25) is 0 Å². The van der Waals surface area contributed by atoms with Gasteiger partial charge in [0.05, 0.1) is 19.9 Å². The Balaban J connectivity index is 1.67. The molecule has 1 aromatic heterocycles. The van der Waals surface area contributed by atoms with Crippen LogP contribution in [-0.4, -0.2) is 44.2 Å². The van der Waals surface area contributed by atoms with Gasteiger partial charge in [0.2, 0.25) is 0 Å². The van der Waals surface area contributed by atoms with Gasteiger partial charge >= 0.3 is 5.97 Å². The number of ether oxygens (including phenoxy) is 1. The smallest absolute Gasteiger partial charge is 0.341 e. The maximum Gasteiger partial charge on any atom is 0.341 e. The minimum Gasteiger partial charge on any atom is -0.467 e. The molecule has 5 heteroatoms. The van der Waals surface area contributed by atoms with E-state index in [0.717, 1.165) is 31.9 Å².